The molecule has 0 bridgehead atoms. The summed E-state index contributed by atoms with van der Waals surface area (Å²) in [5.74, 6) is 2.32. The Balaban J connectivity index is 1.51. The third-order valence-corrected chi connectivity index (χ3v) is 6.58. The lowest BCUT2D eigenvalue weighted by Gasteiger charge is -2.34. The lowest BCUT2D eigenvalue weighted by Crippen LogP contribution is -2.48. The zero-order chi connectivity index (χ0) is 23.3. The predicted octanol–water partition coefficient (Wildman–Crippen LogP) is 2.06. The van der Waals surface area contributed by atoms with Crippen LogP contribution in [0.5, 0.6) is 5.75 Å². The van der Waals surface area contributed by atoms with Gasteiger partial charge in [-0.1, -0.05) is 31.9 Å². The summed E-state index contributed by atoms with van der Waals surface area (Å²) in [6.45, 7) is 11.2. The van der Waals surface area contributed by atoms with Crippen LogP contribution in [-0.2, 0) is 13.1 Å². The van der Waals surface area contributed by atoms with Crippen molar-refractivity contribution in [2.45, 2.75) is 51.7 Å². The fraction of sp³-hybridized carbons (Fsp3) is 0.560. The number of hydrogen-bond acceptors (Lipinski definition) is 8. The largest absolute Gasteiger partial charge is 0.496 e. The summed E-state index contributed by atoms with van der Waals surface area (Å²) in [6.07, 6.45) is 7.75. The van der Waals surface area contributed by atoms with Crippen molar-refractivity contribution in [1.82, 2.24) is 25.8 Å². The van der Waals surface area contributed by atoms with Crippen molar-refractivity contribution in [1.29, 1.82) is 0 Å². The molecule has 4 rings (SSSR count). The summed E-state index contributed by atoms with van der Waals surface area (Å²) in [7, 11) is 1.75. The normalized spacial score (nSPS) is 22.8. The molecule has 1 saturated heterocycles. The summed E-state index contributed by atoms with van der Waals surface area (Å²) in [5.41, 5.74) is 9.18. The molecule has 0 aromatic heterocycles. The maximum absolute atomic E-state index is 6.12. The third-order valence-electron chi connectivity index (χ3n) is 6.58. The summed E-state index contributed by atoms with van der Waals surface area (Å²) in [4.78, 5) is 9.43. The highest BCUT2D eigenvalue weighted by molar-refractivity contribution is 5.82. The van der Waals surface area contributed by atoms with E-state index in [-0.39, 0.29) is 0 Å². The molecule has 3 aliphatic rings. The zero-order valence-corrected chi connectivity index (χ0v) is 20.3. The number of methoxy groups -OCH3 is 1. The molecule has 3 aliphatic heterocycles. The van der Waals surface area contributed by atoms with Crippen LogP contribution in [0.2, 0.25) is 0 Å². The molecule has 0 spiro atoms. The van der Waals surface area contributed by atoms with E-state index in [1.54, 1.807) is 7.11 Å². The van der Waals surface area contributed by atoms with Crippen LogP contribution in [0.15, 0.2) is 47.0 Å². The number of ether oxygens (including phenoxy) is 1. The quantitative estimate of drug-likeness (QED) is 0.403. The predicted molar refractivity (Wildman–Crippen MR) is 134 cm³/mol. The van der Waals surface area contributed by atoms with Crippen molar-refractivity contribution in [2.24, 2.45) is 10.7 Å². The second-order valence-electron chi connectivity index (χ2n) is 9.24. The van der Waals surface area contributed by atoms with Crippen molar-refractivity contribution >= 4 is 5.96 Å². The van der Waals surface area contributed by atoms with Crippen LogP contribution < -0.4 is 26.4 Å². The van der Waals surface area contributed by atoms with Gasteiger partial charge in [0.15, 0.2) is 5.96 Å². The van der Waals surface area contributed by atoms with Crippen molar-refractivity contribution in [3.8, 4) is 5.75 Å². The van der Waals surface area contributed by atoms with Crippen LogP contribution in [-0.4, -0.2) is 61.1 Å². The number of hydrogen-bond donors (Lipinski definition) is 4. The minimum atomic E-state index is -0.474. The fourth-order valence-electron chi connectivity index (χ4n) is 4.81. The molecule has 8 nitrogen and oxygen atoms in total. The number of nitrogens with one attached hydrogen (secondary N) is 3. The molecule has 0 radical (unpaired) electrons. The Labute approximate surface area is 197 Å². The first kappa shape index (κ1) is 23.4. The summed E-state index contributed by atoms with van der Waals surface area (Å²) < 4.78 is 5.81. The van der Waals surface area contributed by atoms with Gasteiger partial charge in [-0.05, 0) is 31.1 Å². The number of fused-ring (bicyclic) bond motifs is 1. The van der Waals surface area contributed by atoms with Crippen LogP contribution in [0.25, 0.3) is 0 Å². The standard InChI is InChI=1S/C25H39N7O/c1-4-5-6-10-28-23-22-25(2,30-24(26)29-23)9-13-32(22)18-20-8-7-19(16-21(20)33-3)17-31-14-11-27-12-15-31/h7-9,13,16,27-28H,4-6,10-12,14-15,17-18H2,1-3H3,(H3,26,29,30). The molecule has 0 amide bonds. The Kier molecular flexibility index (Phi) is 7.45. The summed E-state index contributed by atoms with van der Waals surface area (Å²) in [6, 6.07) is 6.61. The molecule has 0 aliphatic carbocycles. The van der Waals surface area contributed by atoms with Crippen LogP contribution in [0.4, 0.5) is 0 Å². The van der Waals surface area contributed by atoms with Gasteiger partial charge in [0.05, 0.1) is 19.4 Å². The van der Waals surface area contributed by atoms with E-state index < -0.39 is 5.54 Å². The van der Waals surface area contributed by atoms with Crippen LogP contribution in [0.1, 0.15) is 44.2 Å². The van der Waals surface area contributed by atoms with Crippen molar-refractivity contribution in [3.05, 3.63) is 53.1 Å². The van der Waals surface area contributed by atoms with Gasteiger partial charge in [0.1, 0.15) is 17.1 Å². The van der Waals surface area contributed by atoms with Crippen LogP contribution in [0.3, 0.4) is 0 Å². The Morgan fingerprint density at radius 1 is 1.21 bits per heavy atom. The Morgan fingerprint density at radius 3 is 2.79 bits per heavy atom. The van der Waals surface area contributed by atoms with Crippen molar-refractivity contribution in [2.75, 3.05) is 39.8 Å². The lowest BCUT2D eigenvalue weighted by atomic mass is 9.98. The molecule has 0 saturated carbocycles. The molecule has 1 atom stereocenters. The van der Waals surface area contributed by atoms with E-state index in [1.165, 1.54) is 18.4 Å². The molecule has 33 heavy (non-hydrogen) atoms. The van der Waals surface area contributed by atoms with Gasteiger partial charge in [0.2, 0.25) is 0 Å². The Morgan fingerprint density at radius 2 is 2.03 bits per heavy atom. The van der Waals surface area contributed by atoms with Crippen LogP contribution in [0, 0.1) is 0 Å². The van der Waals surface area contributed by atoms with Crippen molar-refractivity contribution < 1.29 is 4.74 Å². The minimum absolute atomic E-state index is 0.445. The van der Waals surface area contributed by atoms with Gasteiger partial charge in [-0.3, -0.25) is 4.90 Å². The molecular formula is C25H39N7O. The smallest absolute Gasteiger partial charge is 0.195 e. The number of aliphatic imine (C=N–C) groups is 1. The SMILES string of the molecule is CCCCCNC1=C2N(Cc3ccc(CN4CCNCC4)cc3OC)C=CC2(C)N=C(N)N1. The number of benzene rings is 1. The van der Waals surface area contributed by atoms with Crippen molar-refractivity contribution in [3.63, 3.8) is 0 Å². The fourth-order valence-corrected chi connectivity index (χ4v) is 4.81. The first-order chi connectivity index (χ1) is 16.0. The van der Waals surface area contributed by atoms with Gasteiger partial charge in [-0.25, -0.2) is 4.99 Å². The number of piperazine rings is 1. The van der Waals surface area contributed by atoms with Crippen LogP contribution >= 0.6 is 0 Å². The molecule has 5 N–H and O–H groups in total. The van der Waals surface area contributed by atoms with Gasteiger partial charge in [-0.15, -0.1) is 0 Å². The van der Waals surface area contributed by atoms with E-state index in [0.717, 1.165) is 68.5 Å². The average molecular weight is 454 g/mol. The molecule has 8 heteroatoms. The summed E-state index contributed by atoms with van der Waals surface area (Å²) in [5, 5.41) is 10.2. The molecule has 1 unspecified atom stereocenters. The monoisotopic (exact) mass is 453 g/mol. The number of nitrogens with two attached hydrogens (primary N) is 1. The van der Waals surface area contributed by atoms with E-state index in [1.807, 2.05) is 0 Å². The first-order valence-electron chi connectivity index (χ1n) is 12.2. The number of guanidine groups is 1. The highest BCUT2D eigenvalue weighted by atomic mass is 16.5. The Hall–Kier alpha value is -2.71. The maximum Gasteiger partial charge on any atom is 0.195 e. The number of rotatable bonds is 10. The molecule has 1 aromatic carbocycles. The molecule has 180 valence electrons. The van der Waals surface area contributed by atoms with Gasteiger partial charge in [0, 0.05) is 51.0 Å². The van der Waals surface area contributed by atoms with E-state index in [4.69, 9.17) is 15.5 Å². The topological polar surface area (TPSA) is 90.2 Å². The van der Waals surface area contributed by atoms with Gasteiger partial charge in [0.25, 0.3) is 0 Å². The highest BCUT2D eigenvalue weighted by Crippen LogP contribution is 2.38. The van der Waals surface area contributed by atoms with E-state index >= 15 is 0 Å². The maximum atomic E-state index is 6.12. The number of nitrogens with zero attached hydrogens (tertiary/aromatic N) is 3. The second-order valence-corrected chi connectivity index (χ2v) is 9.24. The van der Waals surface area contributed by atoms with Gasteiger partial charge in [-0.2, -0.15) is 0 Å². The molecular weight excluding hydrogens is 414 g/mol. The minimum Gasteiger partial charge on any atom is -0.496 e. The van der Waals surface area contributed by atoms with E-state index in [9.17, 15) is 0 Å². The molecule has 3 heterocycles. The highest BCUT2D eigenvalue weighted by Gasteiger charge is 2.40. The van der Waals surface area contributed by atoms with Gasteiger partial charge < -0.3 is 31.3 Å². The summed E-state index contributed by atoms with van der Waals surface area (Å²) >= 11 is 0. The Bertz CT molecular complexity index is 919. The number of unbranched alkanes of at least 4 members (excludes halogenated alkanes) is 2. The zero-order valence-electron chi connectivity index (χ0n) is 20.3. The van der Waals surface area contributed by atoms with Gasteiger partial charge >= 0.3 is 0 Å². The van der Waals surface area contributed by atoms with E-state index in [0.29, 0.717) is 12.5 Å². The third kappa shape index (κ3) is 5.45. The molecule has 1 fully saturated rings. The van der Waals surface area contributed by atoms with E-state index in [2.05, 4.69) is 70.1 Å². The molecule has 1 aromatic rings. The second kappa shape index (κ2) is 10.5. The first-order valence-corrected chi connectivity index (χ1v) is 12.2. The average Bonchev–Trinajstić information content (AvgIpc) is 3.14. The lowest BCUT2D eigenvalue weighted by molar-refractivity contribution is 0.233.